The Morgan fingerprint density at radius 3 is 1.94 bits per heavy atom. The number of rotatable bonds is 1. The van der Waals surface area contributed by atoms with Gasteiger partial charge in [0.25, 0.3) is 11.8 Å². The fourth-order valence-corrected chi connectivity index (χ4v) is 3.43. The fraction of sp³-hybridized carbons (Fsp3) is 0.429. The third kappa shape index (κ3) is 1.17. The van der Waals surface area contributed by atoms with Crippen molar-refractivity contribution < 1.29 is 9.59 Å². The maximum Gasteiger partial charge on any atom is 0.261 e. The van der Waals surface area contributed by atoms with E-state index in [0.717, 1.165) is 24.7 Å². The van der Waals surface area contributed by atoms with Gasteiger partial charge in [0.15, 0.2) is 0 Å². The molecule has 1 aromatic carbocycles. The van der Waals surface area contributed by atoms with Crippen LogP contribution in [-0.2, 0) is 0 Å². The van der Waals surface area contributed by atoms with E-state index in [2.05, 4.69) is 0 Å². The Labute approximate surface area is 99.4 Å². The minimum absolute atomic E-state index is 0.0862. The molecule has 3 heteroatoms. The van der Waals surface area contributed by atoms with Crippen LogP contribution in [-0.4, -0.2) is 22.8 Å². The highest BCUT2D eigenvalue weighted by Gasteiger charge is 2.51. The molecule has 2 saturated carbocycles. The van der Waals surface area contributed by atoms with Gasteiger partial charge < -0.3 is 0 Å². The number of amides is 2. The third-order valence-corrected chi connectivity index (χ3v) is 4.41. The molecule has 0 radical (unpaired) electrons. The first kappa shape index (κ1) is 9.40. The minimum atomic E-state index is -0.0862. The lowest BCUT2D eigenvalue weighted by Crippen LogP contribution is -2.38. The average Bonchev–Trinajstić information content (AvgIpc) is 2.87. The van der Waals surface area contributed by atoms with Crippen molar-refractivity contribution in [3.63, 3.8) is 0 Å². The zero-order valence-electron chi connectivity index (χ0n) is 9.43. The summed E-state index contributed by atoms with van der Waals surface area (Å²) in [7, 11) is 0. The second-order valence-corrected chi connectivity index (χ2v) is 5.41. The number of benzene rings is 1. The first-order valence-corrected chi connectivity index (χ1v) is 6.22. The van der Waals surface area contributed by atoms with Gasteiger partial charge in [-0.1, -0.05) is 12.1 Å². The second-order valence-electron chi connectivity index (χ2n) is 5.41. The first-order valence-electron chi connectivity index (χ1n) is 6.22. The van der Waals surface area contributed by atoms with Crippen molar-refractivity contribution in [3.05, 3.63) is 35.4 Å². The smallest absolute Gasteiger partial charge is 0.261 e. The quantitative estimate of drug-likeness (QED) is 0.689. The summed E-state index contributed by atoms with van der Waals surface area (Å²) in [6, 6.07) is 7.31. The summed E-state index contributed by atoms with van der Waals surface area (Å²) in [6.45, 7) is 0. The molecule has 2 atom stereocenters. The van der Waals surface area contributed by atoms with Crippen LogP contribution in [0.15, 0.2) is 24.3 Å². The van der Waals surface area contributed by atoms with Gasteiger partial charge in [-0.15, -0.1) is 0 Å². The van der Waals surface area contributed by atoms with Crippen molar-refractivity contribution in [2.75, 3.05) is 0 Å². The molecule has 1 aliphatic heterocycles. The predicted molar refractivity (Wildman–Crippen MR) is 61.6 cm³/mol. The molecule has 0 bridgehead atoms. The lowest BCUT2D eigenvalue weighted by Gasteiger charge is -2.23. The van der Waals surface area contributed by atoms with E-state index in [1.807, 2.05) is 12.1 Å². The number of fused-ring (bicyclic) bond motifs is 2. The van der Waals surface area contributed by atoms with Gasteiger partial charge in [0.2, 0.25) is 0 Å². The third-order valence-electron chi connectivity index (χ3n) is 4.41. The van der Waals surface area contributed by atoms with Crippen LogP contribution in [0.5, 0.6) is 0 Å². The molecule has 0 N–H and O–H groups in total. The van der Waals surface area contributed by atoms with Crippen LogP contribution >= 0.6 is 0 Å². The van der Waals surface area contributed by atoms with Crippen molar-refractivity contribution in [3.8, 4) is 0 Å². The molecule has 2 fully saturated rings. The Kier molecular flexibility index (Phi) is 1.64. The number of imide groups is 1. The van der Waals surface area contributed by atoms with Crippen LogP contribution in [0.2, 0.25) is 0 Å². The van der Waals surface area contributed by atoms with Gasteiger partial charge in [0.05, 0.1) is 11.1 Å². The first-order chi connectivity index (χ1) is 8.25. The molecule has 3 nitrogen and oxygen atoms in total. The molecular formula is C14H13NO2. The summed E-state index contributed by atoms with van der Waals surface area (Å²) < 4.78 is 0. The summed E-state index contributed by atoms with van der Waals surface area (Å²) in [4.78, 5) is 26.0. The molecule has 4 rings (SSSR count). The van der Waals surface area contributed by atoms with Gasteiger partial charge in [-0.2, -0.15) is 0 Å². The summed E-state index contributed by atoms with van der Waals surface area (Å²) in [5.41, 5.74) is 1.16. The molecule has 86 valence electrons. The van der Waals surface area contributed by atoms with E-state index >= 15 is 0 Å². The van der Waals surface area contributed by atoms with Crippen LogP contribution in [0.25, 0.3) is 0 Å². The molecule has 0 saturated heterocycles. The van der Waals surface area contributed by atoms with Crippen molar-refractivity contribution >= 4 is 11.8 Å². The minimum Gasteiger partial charge on any atom is -0.271 e. The second kappa shape index (κ2) is 2.97. The molecule has 2 aliphatic carbocycles. The molecule has 1 heterocycles. The van der Waals surface area contributed by atoms with E-state index in [0.29, 0.717) is 11.1 Å². The van der Waals surface area contributed by atoms with E-state index in [9.17, 15) is 9.59 Å². The zero-order valence-corrected chi connectivity index (χ0v) is 9.43. The highest BCUT2D eigenvalue weighted by molar-refractivity contribution is 6.21. The van der Waals surface area contributed by atoms with Crippen molar-refractivity contribution in [1.82, 2.24) is 4.90 Å². The van der Waals surface area contributed by atoms with Gasteiger partial charge in [-0.3, -0.25) is 14.5 Å². The number of carbonyl (C=O) groups is 2. The monoisotopic (exact) mass is 227 g/mol. The Morgan fingerprint density at radius 2 is 1.41 bits per heavy atom. The van der Waals surface area contributed by atoms with E-state index in [-0.39, 0.29) is 17.9 Å². The number of hydrogen-bond donors (Lipinski definition) is 0. The maximum absolute atomic E-state index is 12.2. The SMILES string of the molecule is O=C1c2ccccc2C(=O)N1C1CC2CC2C1. The lowest BCUT2D eigenvalue weighted by molar-refractivity contribution is 0.0578. The molecule has 3 aliphatic rings. The number of carbonyl (C=O) groups excluding carboxylic acids is 2. The molecule has 1 aromatic rings. The Bertz CT molecular complexity index is 492. The highest BCUT2D eigenvalue weighted by atomic mass is 16.2. The van der Waals surface area contributed by atoms with E-state index in [1.165, 1.54) is 11.3 Å². The van der Waals surface area contributed by atoms with Gasteiger partial charge in [-0.25, -0.2) is 0 Å². The molecule has 2 unspecified atom stereocenters. The van der Waals surface area contributed by atoms with E-state index < -0.39 is 0 Å². The predicted octanol–water partition coefficient (Wildman–Crippen LogP) is 2.08. The number of nitrogens with zero attached hydrogens (tertiary/aromatic N) is 1. The summed E-state index contributed by atoms with van der Waals surface area (Å²) >= 11 is 0. The molecule has 17 heavy (non-hydrogen) atoms. The lowest BCUT2D eigenvalue weighted by atomic mass is 10.1. The average molecular weight is 227 g/mol. The Hall–Kier alpha value is -1.64. The zero-order chi connectivity index (χ0) is 11.6. The molecule has 2 amide bonds. The number of hydrogen-bond acceptors (Lipinski definition) is 2. The molecular weight excluding hydrogens is 214 g/mol. The normalized spacial score (nSPS) is 33.9. The highest BCUT2D eigenvalue weighted by Crippen LogP contribution is 2.53. The van der Waals surface area contributed by atoms with E-state index in [1.54, 1.807) is 12.1 Å². The fourth-order valence-electron chi connectivity index (χ4n) is 3.43. The van der Waals surface area contributed by atoms with Crippen LogP contribution < -0.4 is 0 Å². The van der Waals surface area contributed by atoms with E-state index in [4.69, 9.17) is 0 Å². The summed E-state index contributed by atoms with van der Waals surface area (Å²) in [5, 5.41) is 0. The van der Waals surface area contributed by atoms with Crippen LogP contribution in [0.3, 0.4) is 0 Å². The van der Waals surface area contributed by atoms with Gasteiger partial charge in [0, 0.05) is 6.04 Å². The van der Waals surface area contributed by atoms with Crippen LogP contribution in [0.4, 0.5) is 0 Å². The van der Waals surface area contributed by atoms with Crippen LogP contribution in [0, 0.1) is 11.8 Å². The van der Waals surface area contributed by atoms with Crippen molar-refractivity contribution in [1.29, 1.82) is 0 Å². The Balaban J connectivity index is 1.71. The molecule has 0 aromatic heterocycles. The van der Waals surface area contributed by atoms with Crippen molar-refractivity contribution in [2.24, 2.45) is 11.8 Å². The van der Waals surface area contributed by atoms with Crippen molar-refractivity contribution in [2.45, 2.75) is 25.3 Å². The summed E-state index contributed by atoms with van der Waals surface area (Å²) in [6.07, 6.45) is 3.35. The van der Waals surface area contributed by atoms with Crippen LogP contribution in [0.1, 0.15) is 40.0 Å². The topological polar surface area (TPSA) is 37.4 Å². The standard InChI is InChI=1S/C14H13NO2/c16-13-11-3-1-2-4-12(11)14(17)15(13)10-6-8-5-9(8)7-10/h1-4,8-10H,5-7H2. The van der Waals surface area contributed by atoms with Gasteiger partial charge in [-0.05, 0) is 43.2 Å². The molecule has 0 spiro atoms. The van der Waals surface area contributed by atoms with Gasteiger partial charge in [0.1, 0.15) is 0 Å². The maximum atomic E-state index is 12.2. The van der Waals surface area contributed by atoms with Gasteiger partial charge >= 0.3 is 0 Å². The Morgan fingerprint density at radius 1 is 0.882 bits per heavy atom. The largest absolute Gasteiger partial charge is 0.271 e. The summed E-state index contributed by atoms with van der Waals surface area (Å²) in [5.74, 6) is 1.39.